The summed E-state index contributed by atoms with van der Waals surface area (Å²) >= 11 is 0. The van der Waals surface area contributed by atoms with Crippen molar-refractivity contribution in [2.75, 3.05) is 11.9 Å². The number of rotatable bonds is 7. The van der Waals surface area contributed by atoms with Gasteiger partial charge in [-0.1, -0.05) is 19.1 Å². The van der Waals surface area contributed by atoms with Gasteiger partial charge in [-0.05, 0) is 74.6 Å². The number of nitrogens with zero attached hydrogens (tertiary/aromatic N) is 2. The van der Waals surface area contributed by atoms with Gasteiger partial charge in [0.2, 0.25) is 0 Å². The maximum Gasteiger partial charge on any atom is 0.416 e. The highest BCUT2D eigenvalue weighted by atomic mass is 19.4. The minimum Gasteiger partial charge on any atom is -0.441 e. The minimum absolute atomic E-state index is 0.180. The number of aryl methyl sites for hydroxylation is 1. The lowest BCUT2D eigenvalue weighted by molar-refractivity contribution is -0.137. The Balaban J connectivity index is 1.24. The summed E-state index contributed by atoms with van der Waals surface area (Å²) in [6, 6.07) is 10.5. The number of anilines is 1. The number of hydrogen-bond acceptors (Lipinski definition) is 4. The molecule has 0 amide bonds. The van der Waals surface area contributed by atoms with Crippen molar-refractivity contribution in [2.45, 2.75) is 69.9 Å². The van der Waals surface area contributed by atoms with Gasteiger partial charge in [0.15, 0.2) is 11.7 Å². The molecule has 3 aliphatic carbocycles. The lowest BCUT2D eigenvalue weighted by Gasteiger charge is -2.53. The molecule has 1 N–H and O–H groups in total. The molecule has 0 spiro atoms. The lowest BCUT2D eigenvalue weighted by Crippen LogP contribution is -2.47. The summed E-state index contributed by atoms with van der Waals surface area (Å²) < 4.78 is 45.5. The van der Waals surface area contributed by atoms with Crippen LogP contribution in [0.5, 0.6) is 0 Å². The van der Waals surface area contributed by atoms with Crippen LogP contribution in [-0.4, -0.2) is 16.5 Å². The average molecular weight is 470 g/mol. The van der Waals surface area contributed by atoms with Gasteiger partial charge in [0.25, 0.3) is 0 Å². The molecule has 3 aromatic rings. The lowest BCUT2D eigenvalue weighted by atomic mass is 9.52. The fourth-order valence-corrected chi connectivity index (χ4v) is 5.65. The van der Waals surface area contributed by atoms with Crippen molar-refractivity contribution in [3.8, 4) is 11.3 Å². The number of pyridine rings is 1. The van der Waals surface area contributed by atoms with E-state index in [1.165, 1.54) is 12.3 Å². The molecular weight excluding hydrogens is 439 g/mol. The predicted molar refractivity (Wildman–Crippen MR) is 125 cm³/mol. The van der Waals surface area contributed by atoms with E-state index < -0.39 is 11.7 Å². The molecule has 3 aliphatic rings. The predicted octanol–water partition coefficient (Wildman–Crippen LogP) is 7.41. The van der Waals surface area contributed by atoms with Gasteiger partial charge in [0, 0.05) is 41.5 Å². The van der Waals surface area contributed by atoms with E-state index in [9.17, 15) is 13.2 Å². The first-order valence-corrected chi connectivity index (χ1v) is 12.1. The Labute approximate surface area is 198 Å². The van der Waals surface area contributed by atoms with E-state index in [2.05, 4.69) is 34.3 Å². The van der Waals surface area contributed by atoms with Gasteiger partial charge in [-0.3, -0.25) is 4.98 Å². The van der Waals surface area contributed by atoms with Gasteiger partial charge in [-0.15, -0.1) is 0 Å². The zero-order valence-electron chi connectivity index (χ0n) is 19.4. The fourth-order valence-electron chi connectivity index (χ4n) is 5.65. The molecular formula is C27H30F3N3O. The van der Waals surface area contributed by atoms with Crippen molar-refractivity contribution >= 4 is 5.69 Å². The Bertz CT molecular complexity index is 1130. The Hall–Kier alpha value is -2.83. The van der Waals surface area contributed by atoms with E-state index in [0.717, 1.165) is 86.9 Å². The Morgan fingerprint density at radius 1 is 1.00 bits per heavy atom. The average Bonchev–Trinajstić information content (AvgIpc) is 3.33. The number of nitrogens with one attached hydrogen (secondary N) is 1. The van der Waals surface area contributed by atoms with Gasteiger partial charge in [0.1, 0.15) is 0 Å². The molecule has 0 saturated heterocycles. The zero-order valence-corrected chi connectivity index (χ0v) is 19.4. The quantitative estimate of drug-likeness (QED) is 0.391. The molecule has 0 atom stereocenters. The maximum atomic E-state index is 13.2. The molecule has 0 radical (unpaired) electrons. The number of fused-ring (bicyclic) bond motifs is 3. The highest BCUT2D eigenvalue weighted by molar-refractivity contribution is 5.63. The molecule has 180 valence electrons. The Morgan fingerprint density at radius 3 is 2.47 bits per heavy atom. The van der Waals surface area contributed by atoms with Crippen LogP contribution in [0.1, 0.15) is 69.0 Å². The molecule has 0 aliphatic heterocycles. The second-order valence-electron chi connectivity index (χ2n) is 10.0. The largest absolute Gasteiger partial charge is 0.441 e. The molecule has 3 saturated carbocycles. The summed E-state index contributed by atoms with van der Waals surface area (Å²) in [5, 5.41) is 3.63. The van der Waals surface area contributed by atoms with Crippen LogP contribution in [-0.2, 0) is 18.0 Å². The molecule has 7 heteroatoms. The Morgan fingerprint density at radius 2 is 1.76 bits per heavy atom. The summed E-state index contributed by atoms with van der Waals surface area (Å²) in [6.07, 6.45) is 6.27. The first kappa shape index (κ1) is 22.9. The van der Waals surface area contributed by atoms with Crippen LogP contribution in [0.3, 0.4) is 0 Å². The van der Waals surface area contributed by atoms with Crippen LogP contribution in [0.4, 0.5) is 18.9 Å². The SMILES string of the molecule is CCCc1ncc(-c2cccc(NCC34CCC(c5cc(C(F)(F)F)ccn5)(CC3)CC4)c2)o1. The van der Waals surface area contributed by atoms with Gasteiger partial charge in [0.05, 0.1) is 11.8 Å². The first-order chi connectivity index (χ1) is 16.3. The number of halogens is 3. The van der Waals surface area contributed by atoms with Crippen LogP contribution in [0, 0.1) is 5.41 Å². The Kier molecular flexibility index (Phi) is 5.90. The van der Waals surface area contributed by atoms with E-state index in [-0.39, 0.29) is 10.8 Å². The number of hydrogen-bond donors (Lipinski definition) is 1. The zero-order chi connectivity index (χ0) is 23.8. The van der Waals surface area contributed by atoms with E-state index >= 15 is 0 Å². The number of alkyl halides is 3. The third-order valence-corrected chi connectivity index (χ3v) is 7.86. The van der Waals surface area contributed by atoms with Crippen molar-refractivity contribution in [3.63, 3.8) is 0 Å². The van der Waals surface area contributed by atoms with Crippen LogP contribution < -0.4 is 5.32 Å². The third-order valence-electron chi connectivity index (χ3n) is 7.86. The van der Waals surface area contributed by atoms with Crippen molar-refractivity contribution in [1.29, 1.82) is 0 Å². The normalized spacial score (nSPS) is 24.4. The summed E-state index contributed by atoms with van der Waals surface area (Å²) in [7, 11) is 0. The van der Waals surface area contributed by atoms with Crippen molar-refractivity contribution < 1.29 is 17.6 Å². The summed E-state index contributed by atoms with van der Waals surface area (Å²) in [5.41, 5.74) is 2.03. The summed E-state index contributed by atoms with van der Waals surface area (Å²) in [6.45, 7) is 2.96. The molecule has 6 rings (SSSR count). The van der Waals surface area contributed by atoms with E-state index in [0.29, 0.717) is 5.69 Å². The van der Waals surface area contributed by atoms with Crippen LogP contribution >= 0.6 is 0 Å². The van der Waals surface area contributed by atoms with Crippen molar-refractivity contribution in [3.05, 3.63) is 65.9 Å². The van der Waals surface area contributed by atoms with E-state index in [1.54, 1.807) is 6.20 Å². The first-order valence-electron chi connectivity index (χ1n) is 12.1. The third kappa shape index (κ3) is 4.44. The highest BCUT2D eigenvalue weighted by Gasteiger charge is 2.50. The molecule has 3 fully saturated rings. The van der Waals surface area contributed by atoms with Gasteiger partial charge < -0.3 is 9.73 Å². The molecule has 2 bridgehead atoms. The molecule has 4 nitrogen and oxygen atoms in total. The fraction of sp³-hybridized carbons (Fsp3) is 0.481. The molecule has 1 aromatic carbocycles. The van der Waals surface area contributed by atoms with Gasteiger partial charge in [-0.2, -0.15) is 13.2 Å². The topological polar surface area (TPSA) is 51.0 Å². The number of oxazole rings is 1. The summed E-state index contributed by atoms with van der Waals surface area (Å²) in [4.78, 5) is 8.74. The van der Waals surface area contributed by atoms with Gasteiger partial charge >= 0.3 is 6.18 Å². The second-order valence-corrected chi connectivity index (χ2v) is 10.0. The van der Waals surface area contributed by atoms with Crippen LogP contribution in [0.15, 0.2) is 53.2 Å². The monoisotopic (exact) mass is 469 g/mol. The van der Waals surface area contributed by atoms with Crippen LogP contribution in [0.25, 0.3) is 11.3 Å². The summed E-state index contributed by atoms with van der Waals surface area (Å²) in [5.74, 6) is 1.54. The molecule has 34 heavy (non-hydrogen) atoms. The molecule has 2 aromatic heterocycles. The van der Waals surface area contributed by atoms with E-state index in [1.807, 2.05) is 12.1 Å². The van der Waals surface area contributed by atoms with Crippen molar-refractivity contribution in [1.82, 2.24) is 9.97 Å². The molecule has 2 heterocycles. The minimum atomic E-state index is -4.33. The number of aromatic nitrogens is 2. The highest BCUT2D eigenvalue weighted by Crippen LogP contribution is 2.57. The van der Waals surface area contributed by atoms with Crippen molar-refractivity contribution in [2.24, 2.45) is 5.41 Å². The molecule has 0 unspecified atom stereocenters. The van der Waals surface area contributed by atoms with Crippen LogP contribution in [0.2, 0.25) is 0 Å². The number of benzene rings is 1. The maximum absolute atomic E-state index is 13.2. The van der Waals surface area contributed by atoms with Gasteiger partial charge in [-0.25, -0.2) is 4.98 Å². The second kappa shape index (κ2) is 8.75. The standard InChI is InChI=1S/C27H30F3N3O/c1-2-4-24-32-17-22(34-24)19-5-3-6-21(15-19)33-18-25-8-11-26(12-9-25,13-10-25)23-16-20(7-14-31-23)27(28,29)30/h3,5-7,14-17,33H,2,4,8-13,18H2,1H3. The smallest absolute Gasteiger partial charge is 0.416 e. The van der Waals surface area contributed by atoms with E-state index in [4.69, 9.17) is 4.42 Å².